The van der Waals surface area contributed by atoms with Gasteiger partial charge in [0.05, 0.1) is 12.7 Å². The van der Waals surface area contributed by atoms with E-state index in [1.54, 1.807) is 6.20 Å². The van der Waals surface area contributed by atoms with Gasteiger partial charge in [-0.3, -0.25) is 4.68 Å². The lowest BCUT2D eigenvalue weighted by Gasteiger charge is -2.19. The zero-order valence-electron chi connectivity index (χ0n) is 14.9. The van der Waals surface area contributed by atoms with Crippen molar-refractivity contribution in [3.05, 3.63) is 70.7 Å². The Bertz CT molecular complexity index is 1190. The molecule has 1 aromatic carbocycles. The summed E-state index contributed by atoms with van der Waals surface area (Å²) in [6, 6.07) is 7.87. The van der Waals surface area contributed by atoms with Gasteiger partial charge in [0.15, 0.2) is 6.23 Å². The number of aliphatic hydroxyl groups is 1. The number of benzene rings is 1. The molecule has 9 nitrogen and oxygen atoms in total. The van der Waals surface area contributed by atoms with Crippen molar-refractivity contribution in [2.45, 2.75) is 19.2 Å². The van der Waals surface area contributed by atoms with Gasteiger partial charge in [-0.1, -0.05) is 12.1 Å². The summed E-state index contributed by atoms with van der Waals surface area (Å²) in [5, 5.41) is 28.2. The molecule has 0 saturated carbocycles. The van der Waals surface area contributed by atoms with Crippen LogP contribution in [-0.4, -0.2) is 35.3 Å². The SMILES string of the molecule is Nc1cc(Cc2cnn(Cc3ccc4c(c3)C(O)NC=C4)c2)c2n[nH]nc2n1. The summed E-state index contributed by atoms with van der Waals surface area (Å²) in [4.78, 5) is 4.16. The Labute approximate surface area is 159 Å². The van der Waals surface area contributed by atoms with Crippen LogP contribution in [0, 0.1) is 0 Å². The summed E-state index contributed by atoms with van der Waals surface area (Å²) in [6.45, 7) is 0.613. The van der Waals surface area contributed by atoms with E-state index >= 15 is 0 Å². The van der Waals surface area contributed by atoms with Gasteiger partial charge in [-0.25, -0.2) is 4.98 Å². The highest BCUT2D eigenvalue weighted by molar-refractivity contribution is 5.76. The Hall–Kier alpha value is -3.72. The Morgan fingerprint density at radius 2 is 2.11 bits per heavy atom. The average molecular weight is 374 g/mol. The molecule has 9 heteroatoms. The first-order valence-corrected chi connectivity index (χ1v) is 8.86. The molecule has 0 aliphatic carbocycles. The summed E-state index contributed by atoms with van der Waals surface area (Å²) in [5.74, 6) is 0.416. The van der Waals surface area contributed by atoms with E-state index < -0.39 is 6.23 Å². The van der Waals surface area contributed by atoms with Crippen LogP contribution in [0.1, 0.15) is 34.0 Å². The third-order valence-corrected chi connectivity index (χ3v) is 4.78. The molecular formula is C19H18N8O. The minimum atomic E-state index is -0.685. The number of nitrogens with two attached hydrogens (primary N) is 1. The predicted octanol–water partition coefficient (Wildman–Crippen LogP) is 1.34. The zero-order chi connectivity index (χ0) is 19.1. The summed E-state index contributed by atoms with van der Waals surface area (Å²) in [7, 11) is 0. The lowest BCUT2D eigenvalue weighted by Crippen LogP contribution is -2.19. The number of nitrogens with one attached hydrogen (secondary N) is 2. The summed E-state index contributed by atoms with van der Waals surface area (Å²) in [5.41, 5.74) is 12.0. The van der Waals surface area contributed by atoms with Gasteiger partial charge in [-0.15, -0.1) is 5.10 Å². The molecule has 0 fully saturated rings. The largest absolute Gasteiger partial charge is 0.384 e. The van der Waals surface area contributed by atoms with Crippen LogP contribution in [0.5, 0.6) is 0 Å². The van der Waals surface area contributed by atoms with Crippen molar-refractivity contribution in [3.8, 4) is 0 Å². The fourth-order valence-corrected chi connectivity index (χ4v) is 3.48. The normalized spacial score (nSPS) is 15.5. The van der Waals surface area contributed by atoms with Crippen LogP contribution in [0.2, 0.25) is 0 Å². The fourth-order valence-electron chi connectivity index (χ4n) is 3.48. The van der Waals surface area contributed by atoms with Crippen molar-refractivity contribution in [2.24, 2.45) is 0 Å². The van der Waals surface area contributed by atoms with E-state index in [-0.39, 0.29) is 0 Å². The fraction of sp³-hybridized carbons (Fsp3) is 0.158. The molecule has 0 bridgehead atoms. The number of anilines is 1. The second-order valence-corrected chi connectivity index (χ2v) is 6.79. The maximum absolute atomic E-state index is 10.1. The molecule has 140 valence electrons. The number of aromatic nitrogens is 6. The maximum atomic E-state index is 10.1. The molecule has 3 aromatic heterocycles. The number of nitrogen functional groups attached to an aromatic ring is 1. The first-order valence-electron chi connectivity index (χ1n) is 8.86. The van der Waals surface area contributed by atoms with Crippen LogP contribution in [-0.2, 0) is 13.0 Å². The highest BCUT2D eigenvalue weighted by Crippen LogP contribution is 2.23. The van der Waals surface area contributed by atoms with E-state index in [4.69, 9.17) is 5.73 Å². The van der Waals surface area contributed by atoms with Gasteiger partial charge in [-0.05, 0) is 46.7 Å². The molecule has 1 aliphatic rings. The summed E-state index contributed by atoms with van der Waals surface area (Å²) < 4.78 is 1.88. The first kappa shape index (κ1) is 16.5. The highest BCUT2D eigenvalue weighted by atomic mass is 16.3. The second-order valence-electron chi connectivity index (χ2n) is 6.79. The van der Waals surface area contributed by atoms with Gasteiger partial charge in [0.25, 0.3) is 0 Å². The lowest BCUT2D eigenvalue weighted by atomic mass is 10.0. The Morgan fingerprint density at radius 1 is 1.18 bits per heavy atom. The Balaban J connectivity index is 1.37. The monoisotopic (exact) mass is 374 g/mol. The second kappa shape index (κ2) is 6.46. The van der Waals surface area contributed by atoms with Gasteiger partial charge in [0, 0.05) is 18.2 Å². The van der Waals surface area contributed by atoms with Gasteiger partial charge in [-0.2, -0.15) is 15.4 Å². The van der Waals surface area contributed by atoms with Gasteiger partial charge in [0.2, 0.25) is 5.65 Å². The van der Waals surface area contributed by atoms with Crippen LogP contribution >= 0.6 is 0 Å². The van der Waals surface area contributed by atoms with Crippen LogP contribution < -0.4 is 11.1 Å². The molecule has 0 saturated heterocycles. The molecule has 0 amide bonds. The van der Waals surface area contributed by atoms with Gasteiger partial charge >= 0.3 is 0 Å². The quantitative estimate of drug-likeness (QED) is 0.424. The number of fused-ring (bicyclic) bond motifs is 2. The third kappa shape index (κ3) is 2.97. The lowest BCUT2D eigenvalue weighted by molar-refractivity contribution is 0.154. The maximum Gasteiger partial charge on any atom is 0.203 e. The van der Waals surface area contributed by atoms with Crippen molar-refractivity contribution in [3.63, 3.8) is 0 Å². The molecule has 4 aromatic rings. The van der Waals surface area contributed by atoms with Gasteiger partial charge in [0.1, 0.15) is 11.3 Å². The number of pyridine rings is 1. The third-order valence-electron chi connectivity index (χ3n) is 4.78. The Morgan fingerprint density at radius 3 is 3.04 bits per heavy atom. The van der Waals surface area contributed by atoms with Crippen LogP contribution in [0.3, 0.4) is 0 Å². The molecule has 5 rings (SSSR count). The molecule has 4 heterocycles. The number of rotatable bonds is 4. The van der Waals surface area contributed by atoms with E-state index in [0.29, 0.717) is 29.9 Å². The zero-order valence-corrected chi connectivity index (χ0v) is 14.9. The van der Waals surface area contributed by atoms with Crippen molar-refractivity contribution < 1.29 is 5.11 Å². The minimum Gasteiger partial charge on any atom is -0.384 e. The van der Waals surface area contributed by atoms with Crippen LogP contribution in [0.15, 0.2) is 42.9 Å². The van der Waals surface area contributed by atoms with Crippen molar-refractivity contribution in [2.75, 3.05) is 5.73 Å². The summed E-state index contributed by atoms with van der Waals surface area (Å²) >= 11 is 0. The Kier molecular flexibility index (Phi) is 3.80. The molecule has 1 aliphatic heterocycles. The predicted molar refractivity (Wildman–Crippen MR) is 104 cm³/mol. The molecular weight excluding hydrogens is 356 g/mol. The van der Waals surface area contributed by atoms with E-state index in [0.717, 1.165) is 27.8 Å². The van der Waals surface area contributed by atoms with E-state index in [2.05, 4.69) is 30.8 Å². The van der Waals surface area contributed by atoms with E-state index in [1.165, 1.54) is 0 Å². The van der Waals surface area contributed by atoms with Crippen LogP contribution in [0.4, 0.5) is 5.82 Å². The van der Waals surface area contributed by atoms with E-state index in [9.17, 15) is 5.11 Å². The molecule has 0 radical (unpaired) electrons. The number of aliphatic hydroxyl groups excluding tert-OH is 1. The van der Waals surface area contributed by atoms with Crippen molar-refractivity contribution in [1.82, 2.24) is 35.5 Å². The molecule has 28 heavy (non-hydrogen) atoms. The summed E-state index contributed by atoms with van der Waals surface area (Å²) in [6.07, 6.45) is 7.48. The topological polar surface area (TPSA) is 131 Å². The number of H-pyrrole nitrogens is 1. The average Bonchev–Trinajstić information content (AvgIpc) is 3.32. The van der Waals surface area contributed by atoms with Crippen LogP contribution in [0.25, 0.3) is 17.2 Å². The number of nitrogens with zero attached hydrogens (tertiary/aromatic N) is 5. The van der Waals surface area contributed by atoms with E-state index in [1.807, 2.05) is 47.4 Å². The van der Waals surface area contributed by atoms with Crippen molar-refractivity contribution >= 4 is 23.1 Å². The first-order chi connectivity index (χ1) is 13.7. The standard InChI is InChI=1S/C19H18N8O/c20-16-7-14(17-18(23-16)25-26-24-17)5-12-8-22-27(10-12)9-11-1-2-13-3-4-21-19(28)15(13)6-11/h1-4,6-8,10,19,21,28H,5,9H2,(H3,20,23,24,25,26). The number of hydrogen-bond acceptors (Lipinski definition) is 7. The number of hydrogen-bond donors (Lipinski definition) is 4. The molecule has 5 N–H and O–H groups in total. The smallest absolute Gasteiger partial charge is 0.203 e. The minimum absolute atomic E-state index is 0.416. The number of aromatic amines is 1. The van der Waals surface area contributed by atoms with Crippen molar-refractivity contribution in [1.29, 1.82) is 0 Å². The molecule has 1 unspecified atom stereocenters. The highest BCUT2D eigenvalue weighted by Gasteiger charge is 2.14. The molecule has 1 atom stereocenters. The van der Waals surface area contributed by atoms with Gasteiger partial charge < -0.3 is 16.2 Å². The molecule has 0 spiro atoms.